The molecule has 3 heterocycles. The lowest BCUT2D eigenvalue weighted by molar-refractivity contribution is -0.279. The molecule has 852 valence electrons. The molecule has 10 N–H and O–H groups in total. The van der Waals surface area contributed by atoms with Gasteiger partial charge in [-0.05, 0) is 64.2 Å². The summed E-state index contributed by atoms with van der Waals surface area (Å²) < 4.78 is 134. The van der Waals surface area contributed by atoms with Gasteiger partial charge in [0.1, 0.15) is 94.2 Å². The molecule has 0 aromatic carbocycles. The van der Waals surface area contributed by atoms with Crippen LogP contribution in [-0.2, 0) is 205 Å². The van der Waals surface area contributed by atoms with E-state index in [0.29, 0.717) is 12.8 Å². The second-order valence-electron chi connectivity index (χ2n) is 34.8. The zero-order valence-corrected chi connectivity index (χ0v) is 87.9. The van der Waals surface area contributed by atoms with E-state index in [4.69, 9.17) is 114 Å². The summed E-state index contributed by atoms with van der Waals surface area (Å²) in [6.07, 6.45) is -4.12. The summed E-state index contributed by atoms with van der Waals surface area (Å²) in [5.41, 5.74) is 0. The van der Waals surface area contributed by atoms with Crippen molar-refractivity contribution in [2.24, 2.45) is 0 Å². The van der Waals surface area contributed by atoms with Crippen molar-refractivity contribution in [1.82, 2.24) is 47.9 Å². The number of esters is 9. The van der Waals surface area contributed by atoms with Crippen LogP contribution in [0.4, 0.5) is 0 Å². The van der Waals surface area contributed by atoms with E-state index in [0.717, 1.165) is 94.4 Å². The van der Waals surface area contributed by atoms with E-state index < -0.39 is 243 Å². The number of unbranched alkanes of at least 4 members (excludes halogenated alkanes) is 11. The van der Waals surface area contributed by atoms with Gasteiger partial charge in [-0.25, -0.2) is 4.79 Å². The maximum absolute atomic E-state index is 14.6. The smallest absolute Gasteiger partial charge is 0.326 e. The molecule has 0 bridgehead atoms. The number of carboxylic acids is 1. The van der Waals surface area contributed by atoms with Gasteiger partial charge >= 0.3 is 59.7 Å². The summed E-state index contributed by atoms with van der Waals surface area (Å²) >= 11 is 0. The van der Waals surface area contributed by atoms with Gasteiger partial charge in [-0.2, -0.15) is 0 Å². The predicted octanol–water partition coefficient (Wildman–Crippen LogP) is -0.527. The number of hydrogen-bond acceptors (Lipinski definition) is 43. The zero-order chi connectivity index (χ0) is 110. The molecule has 53 nitrogen and oxygen atoms in total. The van der Waals surface area contributed by atoms with E-state index in [1.165, 1.54) is 46.5 Å². The Balaban J connectivity index is 1.70. The van der Waals surface area contributed by atoms with Gasteiger partial charge in [-0.15, -0.1) is 0 Å². The Morgan fingerprint density at radius 3 is 0.812 bits per heavy atom. The summed E-state index contributed by atoms with van der Waals surface area (Å²) in [7, 11) is 0. The fraction of sp³-hybridized carbons (Fsp3) is 0.802. The number of amides is 9. The van der Waals surface area contributed by atoms with Crippen LogP contribution in [0.1, 0.15) is 212 Å². The molecule has 3 saturated heterocycles. The molecule has 53 heteroatoms. The van der Waals surface area contributed by atoms with E-state index in [9.17, 15) is 96.2 Å². The van der Waals surface area contributed by atoms with Crippen molar-refractivity contribution in [3.05, 3.63) is 0 Å². The third-order valence-corrected chi connectivity index (χ3v) is 21.8. The van der Waals surface area contributed by atoms with Gasteiger partial charge in [0.25, 0.3) is 0 Å². The molecule has 0 unspecified atom stereocenters. The summed E-state index contributed by atoms with van der Waals surface area (Å²) in [4.78, 5) is 240. The molecule has 18 atom stereocenters. The van der Waals surface area contributed by atoms with Gasteiger partial charge in [0, 0.05) is 109 Å². The lowest BCUT2D eigenvalue weighted by Gasteiger charge is -2.44. The van der Waals surface area contributed by atoms with Gasteiger partial charge in [0.2, 0.25) is 53.2 Å². The number of rotatable bonds is 82. The molecule has 0 aromatic rings. The van der Waals surface area contributed by atoms with Crippen molar-refractivity contribution in [3.8, 4) is 0 Å². The molecule has 9 amide bonds. The highest BCUT2D eigenvalue weighted by Gasteiger charge is 2.55. The van der Waals surface area contributed by atoms with Crippen molar-refractivity contribution in [3.63, 3.8) is 0 Å². The normalized spacial score (nSPS) is 20.9. The van der Waals surface area contributed by atoms with Gasteiger partial charge in [0.05, 0.1) is 119 Å². The van der Waals surface area contributed by atoms with Crippen molar-refractivity contribution < 1.29 is 210 Å². The fourth-order valence-corrected chi connectivity index (χ4v) is 15.2. The quantitative estimate of drug-likeness (QED) is 0.0208. The van der Waals surface area contributed by atoms with E-state index in [-0.39, 0.29) is 209 Å². The number of carboxylic acid groups (broad SMARTS) is 1. The second-order valence-corrected chi connectivity index (χ2v) is 34.8. The summed E-state index contributed by atoms with van der Waals surface area (Å²) in [6.45, 7) is 13.2. The number of ether oxygens (including phenoxy) is 24. The largest absolute Gasteiger partial charge is 0.480 e. The fourth-order valence-electron chi connectivity index (χ4n) is 15.2. The average Bonchev–Trinajstić information content (AvgIpc) is 0.792. The molecule has 149 heavy (non-hydrogen) atoms. The highest BCUT2D eigenvalue weighted by molar-refractivity contribution is 5.93. The maximum atomic E-state index is 14.6. The van der Waals surface area contributed by atoms with Crippen LogP contribution in [0.5, 0.6) is 0 Å². The van der Waals surface area contributed by atoms with Crippen molar-refractivity contribution in [2.75, 3.05) is 178 Å². The predicted molar refractivity (Wildman–Crippen MR) is 513 cm³/mol. The van der Waals surface area contributed by atoms with E-state index in [1.54, 1.807) is 0 Å². The Labute approximate surface area is 867 Å². The monoisotopic (exact) mass is 2140 g/mol. The van der Waals surface area contributed by atoms with E-state index in [2.05, 4.69) is 54.8 Å². The standard InChI is InChI=1S/C96H159N9O44/c1-14-15-16-17-18-19-20-21-22-32-78(118)97-33-28-25-31-74(93(124)125)105-92(123)73(30-24-27-35-99-80(120)58-133-46-43-127-37-40-130-49-52-136-95-83(101-61(3)107)89(145-70(12)116)86(142-67(9)113)76(148-95)55-139-64(6)110)104-91(122)72(103-81(121)59-134-47-44-128-38-41-131-50-53-137-96-84(102-62(4)108)90(146-71(13)117)87(143-68(10)114)77(149-96)56-140-65(7)111)29-23-26-34-98-79(119)57-132-45-42-126-36-39-129-48-51-135-94-82(100-60(2)106)88(144-69(11)115)85(141-66(8)112)75(147-94)54-138-63(5)109/h72-77,82-90,94-96H,14-59H2,1-13H3,(H,97,118)(H,98,119)(H,99,120)(H,100,106)(H,101,107)(H,102,108)(H,103,121)(H,104,122)(H,105,123)(H,124,125)/t72-,73-,74-,75+,76+,77+,82+,83+,84+,85-,86-,87-,88+,89+,90+,94+,95+,96+/m0/s1. The van der Waals surface area contributed by atoms with Gasteiger partial charge in [-0.3, -0.25) is 86.3 Å². The van der Waals surface area contributed by atoms with Crippen LogP contribution in [-0.4, -0.2) is 406 Å². The van der Waals surface area contributed by atoms with Gasteiger partial charge in [-0.1, -0.05) is 58.3 Å². The minimum atomic E-state index is -1.45. The summed E-state index contributed by atoms with van der Waals surface area (Å²) in [5.74, 6) is -13.5. The van der Waals surface area contributed by atoms with Crippen LogP contribution >= 0.6 is 0 Å². The van der Waals surface area contributed by atoms with Crippen LogP contribution in [0.3, 0.4) is 0 Å². The number of aliphatic carboxylic acids is 1. The molecular weight excluding hydrogens is 1980 g/mol. The van der Waals surface area contributed by atoms with E-state index >= 15 is 0 Å². The average molecular weight is 2140 g/mol. The Hall–Kier alpha value is -10.7. The molecule has 3 aliphatic heterocycles. The zero-order valence-electron chi connectivity index (χ0n) is 87.9. The Morgan fingerprint density at radius 2 is 0.523 bits per heavy atom. The first-order valence-corrected chi connectivity index (χ1v) is 50.4. The van der Waals surface area contributed by atoms with Crippen LogP contribution in [0.15, 0.2) is 0 Å². The highest BCUT2D eigenvalue weighted by atomic mass is 16.7. The second kappa shape index (κ2) is 79.4. The van der Waals surface area contributed by atoms with Crippen LogP contribution < -0.4 is 47.9 Å². The molecule has 0 radical (unpaired) electrons. The van der Waals surface area contributed by atoms with Crippen molar-refractivity contribution >= 4 is 113 Å². The first kappa shape index (κ1) is 132. The topological polar surface area (TPSA) is 674 Å². The third-order valence-electron chi connectivity index (χ3n) is 21.8. The molecular formula is C96H159N9O44. The lowest BCUT2D eigenvalue weighted by atomic mass is 9.96. The highest BCUT2D eigenvalue weighted by Crippen LogP contribution is 2.32. The SMILES string of the molecule is CCCCCCCCCCCC(=O)NCCCC[C@H](NC(=O)[C@H](CCCCNC(=O)COCCOCCOCCO[C@@H]1O[C@H](COC(C)=O)[C@H](OC(C)=O)[C@H](OC(C)=O)[C@H]1NC(C)=O)NC(=O)[C@H](CCCCNC(=O)COCCOCCOCCO[C@@H]1O[C@H](COC(C)=O)[C@H](OC(C)=O)[C@H](OC(C)=O)[C@H]1NC(C)=O)NC(=O)COCCOCCOCCO[C@@H]1O[C@H](COC(C)=O)[C@H](OC(C)=O)[C@H](OC(C)=O)[C@H]1NC(C)=O)C(=O)O. The molecule has 3 aliphatic rings. The minimum Gasteiger partial charge on any atom is -0.480 e. The Bertz CT molecular complexity index is 4030. The maximum Gasteiger partial charge on any atom is 0.326 e. The Morgan fingerprint density at radius 1 is 0.268 bits per heavy atom. The minimum absolute atomic E-state index is 0.00813. The first-order chi connectivity index (χ1) is 71.2. The van der Waals surface area contributed by atoms with Gasteiger partial charge < -0.3 is 167 Å². The molecule has 0 aliphatic carbocycles. The van der Waals surface area contributed by atoms with Crippen LogP contribution in [0.2, 0.25) is 0 Å². The number of nitrogens with one attached hydrogen (secondary N) is 9. The molecule has 0 saturated carbocycles. The molecule has 0 spiro atoms. The Kier molecular flexibility index (Phi) is 70.6. The molecule has 0 aromatic heterocycles. The van der Waals surface area contributed by atoms with Crippen LogP contribution in [0.25, 0.3) is 0 Å². The van der Waals surface area contributed by atoms with Crippen molar-refractivity contribution in [2.45, 2.75) is 322 Å². The van der Waals surface area contributed by atoms with Gasteiger partial charge in [0.15, 0.2) is 55.5 Å². The summed E-state index contributed by atoms with van der Waals surface area (Å²) in [6, 6.07) is -7.82. The van der Waals surface area contributed by atoms with Crippen LogP contribution in [0, 0.1) is 0 Å². The first-order valence-electron chi connectivity index (χ1n) is 50.4. The lowest BCUT2D eigenvalue weighted by Crippen LogP contribution is -2.66. The third kappa shape index (κ3) is 62.0. The van der Waals surface area contributed by atoms with E-state index in [1.807, 2.05) is 0 Å². The number of hydrogen-bond donors (Lipinski definition) is 10. The summed E-state index contributed by atoms with van der Waals surface area (Å²) in [5, 5.41) is 34.5. The molecule has 3 rings (SSSR count). The number of carbonyl (C=O) groups is 19. The van der Waals surface area contributed by atoms with Crippen molar-refractivity contribution in [1.29, 1.82) is 0 Å². The molecule has 3 fully saturated rings. The number of carbonyl (C=O) groups excluding carboxylic acids is 18.